The summed E-state index contributed by atoms with van der Waals surface area (Å²) >= 11 is 6.22. The zero-order chi connectivity index (χ0) is 10.6. The summed E-state index contributed by atoms with van der Waals surface area (Å²) in [6.07, 6.45) is 8.78. The zero-order valence-corrected chi connectivity index (χ0v) is 19.4. The molecule has 0 bridgehead atoms. The molecule has 0 unspecified atom stereocenters. The summed E-state index contributed by atoms with van der Waals surface area (Å²) in [6, 6.07) is 0. The molecule has 3 aliphatic heterocycles. The van der Waals surface area contributed by atoms with Crippen LogP contribution >= 0.6 is 35.3 Å². The van der Waals surface area contributed by atoms with Crippen molar-refractivity contribution in [1.29, 1.82) is 0 Å². The Hall–Kier alpha value is 2.86. The van der Waals surface area contributed by atoms with E-state index in [0.29, 0.717) is 0 Å². The van der Waals surface area contributed by atoms with Gasteiger partial charge in [-0.2, -0.15) is 35.3 Å². The summed E-state index contributed by atoms with van der Waals surface area (Å²) in [6.45, 7) is 0. The second kappa shape index (κ2) is 29.8. The summed E-state index contributed by atoms with van der Waals surface area (Å²) in [7, 11) is 0. The van der Waals surface area contributed by atoms with Crippen LogP contribution in [0, 0.1) is 0 Å². The van der Waals surface area contributed by atoms with Crippen molar-refractivity contribution in [2.75, 3.05) is 34.5 Å². The van der Waals surface area contributed by atoms with E-state index in [1.807, 2.05) is 0 Å². The average molecular weight is 599 g/mol. The Kier molecular flexibility index (Phi) is 51.1. The zero-order valence-electron chi connectivity index (χ0n) is 11.6. The minimum atomic E-state index is 0. The topological polar surface area (TPSA) is 0 Å². The molecule has 8 heteroatoms. The molecule has 0 N–H and O–H groups in total. The number of thioether (sulfide) groups is 3. The van der Waals surface area contributed by atoms with E-state index in [1.54, 1.807) is 0 Å². The maximum absolute atomic E-state index is 2.07. The van der Waals surface area contributed by atoms with E-state index in [-0.39, 0.29) is 69.7 Å². The van der Waals surface area contributed by atoms with E-state index in [2.05, 4.69) is 35.3 Å². The van der Waals surface area contributed by atoms with Gasteiger partial charge in [0.05, 0.1) is 0 Å². The van der Waals surface area contributed by atoms with Crippen LogP contribution in [0.3, 0.4) is 0 Å². The molecule has 20 heavy (non-hydrogen) atoms. The van der Waals surface area contributed by atoms with Crippen molar-refractivity contribution >= 4 is 35.3 Å². The second-order valence-corrected chi connectivity index (χ2v) is 7.63. The van der Waals surface area contributed by atoms with Crippen LogP contribution in [0.1, 0.15) is 38.5 Å². The fourth-order valence-corrected chi connectivity index (χ4v) is 4.59. The van der Waals surface area contributed by atoms with Gasteiger partial charge in [0, 0.05) is 20.1 Å². The van der Waals surface area contributed by atoms with Crippen molar-refractivity contribution in [3.05, 3.63) is 0 Å². The van der Waals surface area contributed by atoms with Gasteiger partial charge in [0.25, 0.3) is 0 Å². The predicted octanol–water partition coefficient (Wildman–Crippen LogP) is -7.45. The van der Waals surface area contributed by atoms with Gasteiger partial charge in [0.2, 0.25) is 0 Å². The maximum atomic E-state index is 2.07. The number of hydrogen-bond acceptors (Lipinski definition) is 3. The van der Waals surface area contributed by atoms with Crippen molar-refractivity contribution in [1.82, 2.24) is 0 Å². The molecule has 0 amide bonds. The van der Waals surface area contributed by atoms with Gasteiger partial charge < -0.3 is 49.6 Å². The fourth-order valence-electron chi connectivity index (χ4n) is 1.53. The van der Waals surface area contributed by atoms with E-state index in [4.69, 9.17) is 0 Å². The first-order chi connectivity index (χ1) is 7.50. The second-order valence-electron chi connectivity index (χ2n) is 3.96. The summed E-state index contributed by atoms with van der Waals surface area (Å²) < 4.78 is 0. The molecule has 1 radical (unpaired) electrons. The van der Waals surface area contributed by atoms with E-state index in [9.17, 15) is 0 Å². The monoisotopic (exact) mass is 597 g/mol. The van der Waals surface area contributed by atoms with E-state index in [1.165, 1.54) is 73.0 Å². The molecule has 0 aliphatic carbocycles. The molecule has 3 aliphatic rings. The Bertz CT molecular complexity index is 89.3. The Labute approximate surface area is 176 Å². The first-order valence-electron chi connectivity index (χ1n) is 6.23. The Morgan fingerprint density at radius 2 is 0.500 bits per heavy atom. The van der Waals surface area contributed by atoms with Gasteiger partial charge in [-0.05, 0) is 73.0 Å². The maximum Gasteiger partial charge on any atom is 0 e. The van der Waals surface area contributed by atoms with E-state index in [0.717, 1.165) is 0 Å². The molecule has 0 nitrogen and oxygen atoms in total. The third-order valence-electron chi connectivity index (χ3n) is 2.48. The fraction of sp³-hybridized carbons (Fsp3) is 1.00. The van der Waals surface area contributed by atoms with E-state index < -0.39 is 0 Å². The minimum absolute atomic E-state index is 0. The molecule has 3 fully saturated rings. The molecule has 0 atom stereocenters. The molecular formula is C12H24Cl4IrS3-4. The van der Waals surface area contributed by atoms with Gasteiger partial charge in [-0.25, -0.2) is 0 Å². The van der Waals surface area contributed by atoms with Crippen LogP contribution in [0.15, 0.2) is 0 Å². The average Bonchev–Trinajstić information content (AvgIpc) is 3.09. The summed E-state index contributed by atoms with van der Waals surface area (Å²) in [5.41, 5.74) is 0. The largest absolute Gasteiger partial charge is 1.00 e. The molecular weight excluding hydrogens is 574 g/mol. The van der Waals surface area contributed by atoms with Gasteiger partial charge in [-0.3, -0.25) is 0 Å². The van der Waals surface area contributed by atoms with Gasteiger partial charge in [0.1, 0.15) is 0 Å². The van der Waals surface area contributed by atoms with Crippen LogP contribution in [0.5, 0.6) is 0 Å². The van der Waals surface area contributed by atoms with Crippen LogP contribution in [0.2, 0.25) is 0 Å². The van der Waals surface area contributed by atoms with Gasteiger partial charge in [-0.15, -0.1) is 0 Å². The summed E-state index contributed by atoms with van der Waals surface area (Å²) in [4.78, 5) is 0. The molecule has 3 rings (SSSR count). The molecule has 0 spiro atoms. The molecule has 0 aromatic rings. The Morgan fingerprint density at radius 1 is 0.350 bits per heavy atom. The quantitative estimate of drug-likeness (QED) is 0.272. The van der Waals surface area contributed by atoms with Crippen molar-refractivity contribution in [3.8, 4) is 0 Å². The SMILES string of the molecule is C1CCSC1.C1CCSC1.C1CCSC1.[Cl-].[Cl-].[Cl-].[Cl-].[Ir]. The predicted molar refractivity (Wildman–Crippen MR) is 79.7 cm³/mol. The van der Waals surface area contributed by atoms with Crippen molar-refractivity contribution in [2.24, 2.45) is 0 Å². The Morgan fingerprint density at radius 3 is 0.550 bits per heavy atom. The normalized spacial score (nSPS) is 18.0. The van der Waals surface area contributed by atoms with Crippen molar-refractivity contribution in [2.45, 2.75) is 38.5 Å². The molecule has 0 aromatic heterocycles. The van der Waals surface area contributed by atoms with Crippen LogP contribution in [0.4, 0.5) is 0 Å². The minimum Gasteiger partial charge on any atom is -1.00 e. The smallest absolute Gasteiger partial charge is 0 e. The summed E-state index contributed by atoms with van der Waals surface area (Å²) in [5, 5.41) is 0. The van der Waals surface area contributed by atoms with Crippen LogP contribution in [-0.2, 0) is 20.1 Å². The van der Waals surface area contributed by atoms with Gasteiger partial charge >= 0.3 is 0 Å². The first-order valence-corrected chi connectivity index (χ1v) is 9.70. The third-order valence-corrected chi connectivity index (χ3v) is 5.95. The molecule has 131 valence electrons. The number of rotatable bonds is 0. The first kappa shape index (κ1) is 34.2. The molecule has 0 aromatic carbocycles. The van der Waals surface area contributed by atoms with Crippen molar-refractivity contribution < 1.29 is 69.7 Å². The molecule has 3 saturated heterocycles. The number of halogens is 4. The molecule has 0 saturated carbocycles. The van der Waals surface area contributed by atoms with Crippen LogP contribution in [0.25, 0.3) is 0 Å². The van der Waals surface area contributed by atoms with Gasteiger partial charge in [-0.1, -0.05) is 0 Å². The Balaban J connectivity index is -0.0000000500. The van der Waals surface area contributed by atoms with Crippen LogP contribution in [-0.4, -0.2) is 34.5 Å². The molecule has 3 heterocycles. The summed E-state index contributed by atoms with van der Waals surface area (Å²) in [5.74, 6) is 8.50. The standard InChI is InChI=1S/3C4H8S.4ClH.Ir/c3*1-2-4-5-3-1;;;;;/h3*1-4H2;4*1H;/p-4. The number of hydrogen-bond donors (Lipinski definition) is 0. The van der Waals surface area contributed by atoms with Crippen LogP contribution < -0.4 is 49.6 Å². The van der Waals surface area contributed by atoms with Gasteiger partial charge in [0.15, 0.2) is 0 Å². The van der Waals surface area contributed by atoms with E-state index >= 15 is 0 Å². The van der Waals surface area contributed by atoms with Crippen molar-refractivity contribution in [3.63, 3.8) is 0 Å². The third kappa shape index (κ3) is 25.8.